The third kappa shape index (κ3) is 4.54. The van der Waals surface area contributed by atoms with E-state index in [-0.39, 0.29) is 29.4 Å². The zero-order valence-corrected chi connectivity index (χ0v) is 18.1. The van der Waals surface area contributed by atoms with Crippen LogP contribution < -0.4 is 5.32 Å². The van der Waals surface area contributed by atoms with Gasteiger partial charge in [0, 0.05) is 19.2 Å². The van der Waals surface area contributed by atoms with Gasteiger partial charge in [-0.1, -0.05) is 24.2 Å². The van der Waals surface area contributed by atoms with Gasteiger partial charge in [0.1, 0.15) is 5.82 Å². The van der Waals surface area contributed by atoms with Gasteiger partial charge in [-0.2, -0.15) is 0 Å². The maximum Gasteiger partial charge on any atom is 0.293 e. The van der Waals surface area contributed by atoms with E-state index < -0.39 is 0 Å². The summed E-state index contributed by atoms with van der Waals surface area (Å²) < 4.78 is 18.3. The Morgan fingerprint density at radius 1 is 1.22 bits per heavy atom. The summed E-state index contributed by atoms with van der Waals surface area (Å²) in [7, 11) is 0. The van der Waals surface area contributed by atoms with Crippen molar-refractivity contribution in [2.75, 3.05) is 6.54 Å². The smallest absolute Gasteiger partial charge is 0.293 e. The van der Waals surface area contributed by atoms with Crippen molar-refractivity contribution in [2.45, 2.75) is 45.7 Å². The summed E-state index contributed by atoms with van der Waals surface area (Å²) in [5.74, 6) is -0.522. The van der Waals surface area contributed by atoms with Crippen LogP contribution in [-0.2, 0) is 13.0 Å². The molecule has 1 aromatic carbocycles. The summed E-state index contributed by atoms with van der Waals surface area (Å²) in [5.41, 5.74) is 3.36. The number of nitrogens with zero attached hydrogens (tertiary/aromatic N) is 3. The van der Waals surface area contributed by atoms with E-state index in [9.17, 15) is 14.0 Å². The molecular formula is C24H25FN4O3. The number of benzene rings is 1. The molecule has 1 N–H and O–H groups in total. The van der Waals surface area contributed by atoms with Crippen molar-refractivity contribution in [2.24, 2.45) is 0 Å². The van der Waals surface area contributed by atoms with Crippen LogP contribution in [0.3, 0.4) is 0 Å². The molecule has 0 bridgehead atoms. The lowest BCUT2D eigenvalue weighted by atomic mass is 10.1. The van der Waals surface area contributed by atoms with E-state index in [1.54, 1.807) is 42.2 Å². The lowest BCUT2D eigenvalue weighted by Crippen LogP contribution is -2.31. The number of hydrogen-bond donors (Lipinski definition) is 1. The molecule has 4 rings (SSSR count). The van der Waals surface area contributed by atoms with E-state index in [1.165, 1.54) is 12.1 Å². The standard InChI is InChI=1S/C24H25FN4O3/c1-3-18-13-22(32-28-18)24(31)29-12-4-5-21(29)20-11-10-19(15(2)27-20)23(30)26-14-16-6-8-17(25)9-7-16/h6-11,13,21H,3-5,12,14H2,1-2H3,(H,26,30). The Morgan fingerprint density at radius 2 is 2.00 bits per heavy atom. The predicted molar refractivity (Wildman–Crippen MR) is 115 cm³/mol. The molecule has 2 amide bonds. The average molecular weight is 436 g/mol. The van der Waals surface area contributed by atoms with Crippen molar-refractivity contribution in [1.29, 1.82) is 0 Å². The number of nitrogens with one attached hydrogen (secondary N) is 1. The second-order valence-corrected chi connectivity index (χ2v) is 7.87. The van der Waals surface area contributed by atoms with Gasteiger partial charge in [0.2, 0.25) is 5.76 Å². The molecule has 0 aliphatic carbocycles. The lowest BCUT2D eigenvalue weighted by molar-refractivity contribution is 0.0690. The summed E-state index contributed by atoms with van der Waals surface area (Å²) in [5, 5.41) is 6.75. The van der Waals surface area contributed by atoms with Crippen LogP contribution in [-0.4, -0.2) is 33.4 Å². The van der Waals surface area contributed by atoms with Gasteiger partial charge in [-0.05, 0) is 56.0 Å². The van der Waals surface area contributed by atoms with Crippen LogP contribution in [0.25, 0.3) is 0 Å². The van der Waals surface area contributed by atoms with Gasteiger partial charge in [-0.25, -0.2) is 4.39 Å². The van der Waals surface area contributed by atoms with E-state index in [0.717, 1.165) is 29.8 Å². The van der Waals surface area contributed by atoms with Gasteiger partial charge in [-0.15, -0.1) is 0 Å². The summed E-state index contributed by atoms with van der Waals surface area (Å²) in [4.78, 5) is 32.0. The van der Waals surface area contributed by atoms with Crippen molar-refractivity contribution in [3.8, 4) is 0 Å². The largest absolute Gasteiger partial charge is 0.351 e. The van der Waals surface area contributed by atoms with E-state index in [4.69, 9.17) is 4.52 Å². The second-order valence-electron chi connectivity index (χ2n) is 7.87. The second kappa shape index (κ2) is 9.30. The third-order valence-corrected chi connectivity index (χ3v) is 5.71. The first-order valence-electron chi connectivity index (χ1n) is 10.7. The number of aryl methyl sites for hydroxylation is 2. The molecule has 32 heavy (non-hydrogen) atoms. The molecular weight excluding hydrogens is 411 g/mol. The molecule has 0 radical (unpaired) electrons. The fourth-order valence-electron chi connectivity index (χ4n) is 3.92. The first-order chi connectivity index (χ1) is 15.5. The first kappa shape index (κ1) is 21.7. The first-order valence-corrected chi connectivity index (χ1v) is 10.7. The van der Waals surface area contributed by atoms with Gasteiger partial charge in [0.25, 0.3) is 11.8 Å². The van der Waals surface area contributed by atoms with Crippen molar-refractivity contribution < 1.29 is 18.5 Å². The van der Waals surface area contributed by atoms with Crippen LogP contribution in [0.1, 0.15) is 69.4 Å². The van der Waals surface area contributed by atoms with Crippen molar-refractivity contribution >= 4 is 11.8 Å². The van der Waals surface area contributed by atoms with Crippen molar-refractivity contribution in [3.05, 3.63) is 82.3 Å². The zero-order chi connectivity index (χ0) is 22.7. The summed E-state index contributed by atoms with van der Waals surface area (Å²) in [6.45, 7) is 4.64. The maximum atomic E-state index is 13.0. The van der Waals surface area contributed by atoms with E-state index in [1.807, 2.05) is 6.92 Å². The number of rotatable bonds is 6. The van der Waals surface area contributed by atoms with Crippen molar-refractivity contribution in [1.82, 2.24) is 20.4 Å². The fourth-order valence-corrected chi connectivity index (χ4v) is 3.92. The van der Waals surface area contributed by atoms with Gasteiger partial charge in [0.15, 0.2) is 0 Å². The molecule has 7 nitrogen and oxygen atoms in total. The minimum absolute atomic E-state index is 0.173. The number of amides is 2. The number of aromatic nitrogens is 2. The van der Waals surface area contributed by atoms with E-state index in [0.29, 0.717) is 30.8 Å². The lowest BCUT2D eigenvalue weighted by Gasteiger charge is -2.23. The highest BCUT2D eigenvalue weighted by Gasteiger charge is 2.33. The molecule has 8 heteroatoms. The Balaban J connectivity index is 1.46. The Morgan fingerprint density at radius 3 is 2.69 bits per heavy atom. The Kier molecular flexibility index (Phi) is 6.30. The quantitative estimate of drug-likeness (QED) is 0.631. The highest BCUT2D eigenvalue weighted by atomic mass is 19.1. The minimum Gasteiger partial charge on any atom is -0.351 e. The molecule has 1 aliphatic rings. The Hall–Kier alpha value is -3.55. The normalized spacial score (nSPS) is 15.7. The molecule has 0 spiro atoms. The van der Waals surface area contributed by atoms with Crippen LogP contribution in [0, 0.1) is 12.7 Å². The third-order valence-electron chi connectivity index (χ3n) is 5.71. The number of carbonyl (C=O) groups is 2. The average Bonchev–Trinajstić information content (AvgIpc) is 3.48. The van der Waals surface area contributed by atoms with Gasteiger partial charge < -0.3 is 14.7 Å². The van der Waals surface area contributed by atoms with Crippen LogP contribution in [0.15, 0.2) is 47.0 Å². The molecule has 166 valence electrons. The molecule has 2 aromatic heterocycles. The SMILES string of the molecule is CCc1cc(C(=O)N2CCCC2c2ccc(C(=O)NCc3ccc(F)cc3)c(C)n2)on1. The molecule has 3 aromatic rings. The van der Waals surface area contributed by atoms with Gasteiger partial charge in [-0.3, -0.25) is 14.6 Å². The Bertz CT molecular complexity index is 1130. The molecule has 1 atom stereocenters. The molecule has 1 unspecified atom stereocenters. The summed E-state index contributed by atoms with van der Waals surface area (Å²) in [6.07, 6.45) is 2.36. The summed E-state index contributed by atoms with van der Waals surface area (Å²) >= 11 is 0. The molecule has 1 aliphatic heterocycles. The Labute approximate surface area is 185 Å². The number of halogens is 1. The topological polar surface area (TPSA) is 88.3 Å². The van der Waals surface area contributed by atoms with Crippen LogP contribution in [0.2, 0.25) is 0 Å². The van der Waals surface area contributed by atoms with Crippen LogP contribution in [0.5, 0.6) is 0 Å². The predicted octanol–water partition coefficient (Wildman–Crippen LogP) is 3.99. The number of likely N-dealkylation sites (tertiary alicyclic amines) is 1. The summed E-state index contributed by atoms with van der Waals surface area (Å²) in [6, 6.07) is 11.0. The van der Waals surface area contributed by atoms with Crippen molar-refractivity contribution in [3.63, 3.8) is 0 Å². The zero-order valence-electron chi connectivity index (χ0n) is 18.1. The van der Waals surface area contributed by atoms with Gasteiger partial charge >= 0.3 is 0 Å². The minimum atomic E-state index is -0.315. The maximum absolute atomic E-state index is 13.0. The highest BCUT2D eigenvalue weighted by molar-refractivity contribution is 5.95. The van der Waals surface area contributed by atoms with Crippen LogP contribution in [0.4, 0.5) is 4.39 Å². The van der Waals surface area contributed by atoms with E-state index >= 15 is 0 Å². The molecule has 3 heterocycles. The van der Waals surface area contributed by atoms with E-state index in [2.05, 4.69) is 15.5 Å². The number of pyridine rings is 1. The molecule has 1 fully saturated rings. The number of carbonyl (C=O) groups excluding carboxylic acids is 2. The highest BCUT2D eigenvalue weighted by Crippen LogP contribution is 2.32. The van der Waals surface area contributed by atoms with Crippen LogP contribution >= 0.6 is 0 Å². The number of hydrogen-bond acceptors (Lipinski definition) is 5. The fraction of sp³-hybridized carbons (Fsp3) is 0.333. The van der Waals surface area contributed by atoms with Gasteiger partial charge in [0.05, 0.1) is 28.7 Å². The molecule has 1 saturated heterocycles. The molecule has 0 saturated carbocycles. The monoisotopic (exact) mass is 436 g/mol.